The lowest BCUT2D eigenvalue weighted by molar-refractivity contribution is 0.317. The van der Waals surface area contributed by atoms with Crippen LogP contribution >= 0.6 is 0 Å². The van der Waals surface area contributed by atoms with Crippen molar-refractivity contribution < 1.29 is 4.74 Å². The highest BCUT2D eigenvalue weighted by atomic mass is 16.5. The van der Waals surface area contributed by atoms with Gasteiger partial charge in [-0.3, -0.25) is 0 Å². The van der Waals surface area contributed by atoms with Crippen LogP contribution in [0, 0.1) is 0 Å². The number of likely N-dealkylation sites (N-methyl/N-ethyl adjacent to an activating group) is 1. The molecule has 1 saturated carbocycles. The van der Waals surface area contributed by atoms with Crippen molar-refractivity contribution in [3.05, 3.63) is 29.8 Å². The van der Waals surface area contributed by atoms with E-state index in [1.807, 2.05) is 0 Å². The topological polar surface area (TPSA) is 21.3 Å². The fourth-order valence-corrected chi connectivity index (χ4v) is 3.24. The number of rotatable bonds is 6. The van der Waals surface area contributed by atoms with Gasteiger partial charge in [0.25, 0.3) is 0 Å². The molecule has 1 aromatic carbocycles. The fourth-order valence-electron chi connectivity index (χ4n) is 3.24. The van der Waals surface area contributed by atoms with E-state index in [2.05, 4.69) is 43.4 Å². The fraction of sp³-hybridized carbons (Fsp3) is 0.667. The number of benzene rings is 1. The van der Waals surface area contributed by atoms with Crippen LogP contribution in [-0.2, 0) is 0 Å². The van der Waals surface area contributed by atoms with E-state index in [9.17, 15) is 0 Å². The van der Waals surface area contributed by atoms with E-state index in [1.54, 1.807) is 0 Å². The molecule has 2 rings (SSSR count). The van der Waals surface area contributed by atoms with E-state index in [-0.39, 0.29) is 0 Å². The highest BCUT2D eigenvalue weighted by molar-refractivity contribution is 5.30. The maximum Gasteiger partial charge on any atom is 0.119 e. The molecule has 0 saturated heterocycles. The average molecular weight is 275 g/mol. The molecule has 2 heteroatoms. The molecule has 2 unspecified atom stereocenters. The second-order valence-corrected chi connectivity index (χ2v) is 5.83. The Morgan fingerprint density at radius 3 is 2.50 bits per heavy atom. The highest BCUT2D eigenvalue weighted by Gasteiger charge is 2.24. The Hall–Kier alpha value is -1.02. The van der Waals surface area contributed by atoms with Crippen molar-refractivity contribution >= 4 is 0 Å². The van der Waals surface area contributed by atoms with E-state index < -0.39 is 0 Å². The lowest BCUT2D eigenvalue weighted by Gasteiger charge is -2.26. The van der Waals surface area contributed by atoms with Crippen molar-refractivity contribution in [2.75, 3.05) is 13.2 Å². The lowest BCUT2D eigenvalue weighted by atomic mass is 9.87. The van der Waals surface area contributed by atoms with Crippen LogP contribution in [0.3, 0.4) is 0 Å². The molecular formula is C18H29NO. The minimum Gasteiger partial charge on any atom is -0.494 e. The van der Waals surface area contributed by atoms with Crippen LogP contribution in [0.25, 0.3) is 0 Å². The monoisotopic (exact) mass is 275 g/mol. The van der Waals surface area contributed by atoms with Gasteiger partial charge in [0.15, 0.2) is 0 Å². The quantitative estimate of drug-likeness (QED) is 0.772. The minimum absolute atomic E-state index is 0.643. The number of hydrogen-bond donors (Lipinski definition) is 1. The van der Waals surface area contributed by atoms with Gasteiger partial charge in [0, 0.05) is 6.04 Å². The molecule has 1 aliphatic rings. The summed E-state index contributed by atoms with van der Waals surface area (Å²) in [6.07, 6.45) is 7.80. The maximum absolute atomic E-state index is 5.68. The van der Waals surface area contributed by atoms with Crippen LogP contribution in [-0.4, -0.2) is 19.2 Å². The minimum atomic E-state index is 0.643. The van der Waals surface area contributed by atoms with Gasteiger partial charge in [0.05, 0.1) is 6.61 Å². The van der Waals surface area contributed by atoms with Crippen molar-refractivity contribution in [2.45, 2.75) is 64.3 Å². The zero-order valence-electron chi connectivity index (χ0n) is 13.0. The van der Waals surface area contributed by atoms with Crippen LogP contribution in [0.2, 0.25) is 0 Å². The first-order chi connectivity index (χ1) is 9.85. The SMILES string of the molecule is CCCOc1ccc(C2CCCCCC2NCC)cc1. The van der Waals surface area contributed by atoms with Gasteiger partial charge in [-0.05, 0) is 49.4 Å². The predicted molar refractivity (Wildman–Crippen MR) is 85.5 cm³/mol. The van der Waals surface area contributed by atoms with Crippen LogP contribution in [0.15, 0.2) is 24.3 Å². The molecular weight excluding hydrogens is 246 g/mol. The second-order valence-electron chi connectivity index (χ2n) is 5.83. The van der Waals surface area contributed by atoms with Gasteiger partial charge in [0.1, 0.15) is 5.75 Å². The Morgan fingerprint density at radius 1 is 1.05 bits per heavy atom. The molecule has 0 heterocycles. The van der Waals surface area contributed by atoms with E-state index in [0.29, 0.717) is 12.0 Å². The number of ether oxygens (including phenoxy) is 1. The Balaban J connectivity index is 2.06. The number of nitrogens with one attached hydrogen (secondary N) is 1. The second kappa shape index (κ2) is 8.31. The molecule has 0 amide bonds. The molecule has 112 valence electrons. The summed E-state index contributed by atoms with van der Waals surface area (Å²) in [5, 5.41) is 3.69. The number of hydrogen-bond acceptors (Lipinski definition) is 2. The van der Waals surface area contributed by atoms with Crippen molar-refractivity contribution in [2.24, 2.45) is 0 Å². The van der Waals surface area contributed by atoms with Crippen molar-refractivity contribution in [3.8, 4) is 5.75 Å². The Morgan fingerprint density at radius 2 is 1.80 bits per heavy atom. The molecule has 0 aliphatic heterocycles. The highest BCUT2D eigenvalue weighted by Crippen LogP contribution is 2.32. The van der Waals surface area contributed by atoms with Crippen LogP contribution in [0.5, 0.6) is 5.75 Å². The third-order valence-electron chi connectivity index (χ3n) is 4.26. The molecule has 0 aromatic heterocycles. The first-order valence-electron chi connectivity index (χ1n) is 8.31. The molecule has 0 spiro atoms. The van der Waals surface area contributed by atoms with Gasteiger partial charge in [-0.2, -0.15) is 0 Å². The van der Waals surface area contributed by atoms with Gasteiger partial charge in [0.2, 0.25) is 0 Å². The molecule has 1 aliphatic carbocycles. The van der Waals surface area contributed by atoms with Crippen LogP contribution < -0.4 is 10.1 Å². The van der Waals surface area contributed by atoms with Crippen molar-refractivity contribution in [3.63, 3.8) is 0 Å². The summed E-state index contributed by atoms with van der Waals surface area (Å²) in [6.45, 7) is 6.23. The molecule has 1 fully saturated rings. The third-order valence-corrected chi connectivity index (χ3v) is 4.26. The summed E-state index contributed by atoms with van der Waals surface area (Å²) >= 11 is 0. The molecule has 20 heavy (non-hydrogen) atoms. The van der Waals surface area contributed by atoms with E-state index >= 15 is 0 Å². The Labute approximate surface area is 123 Å². The van der Waals surface area contributed by atoms with Gasteiger partial charge in [-0.15, -0.1) is 0 Å². The predicted octanol–water partition coefficient (Wildman–Crippen LogP) is 4.50. The zero-order chi connectivity index (χ0) is 14.2. The van der Waals surface area contributed by atoms with Gasteiger partial charge < -0.3 is 10.1 Å². The van der Waals surface area contributed by atoms with E-state index in [1.165, 1.54) is 37.7 Å². The molecule has 2 nitrogen and oxygen atoms in total. The standard InChI is InChI=1S/C18H29NO/c1-3-14-20-16-12-10-15(11-13-16)17-8-6-5-7-9-18(17)19-4-2/h10-13,17-19H,3-9,14H2,1-2H3. The van der Waals surface area contributed by atoms with E-state index in [4.69, 9.17) is 4.74 Å². The van der Waals surface area contributed by atoms with Gasteiger partial charge in [-0.25, -0.2) is 0 Å². The largest absolute Gasteiger partial charge is 0.494 e. The third kappa shape index (κ3) is 4.24. The average Bonchev–Trinajstić information content (AvgIpc) is 2.72. The van der Waals surface area contributed by atoms with Crippen LogP contribution in [0.1, 0.15) is 63.9 Å². The summed E-state index contributed by atoms with van der Waals surface area (Å²) in [5.41, 5.74) is 1.47. The lowest BCUT2D eigenvalue weighted by Crippen LogP contribution is -2.34. The molecule has 2 atom stereocenters. The summed E-state index contributed by atoms with van der Waals surface area (Å²) in [4.78, 5) is 0. The first kappa shape index (κ1) is 15.4. The molecule has 1 aromatic rings. The molecule has 0 radical (unpaired) electrons. The van der Waals surface area contributed by atoms with Gasteiger partial charge in [-0.1, -0.05) is 45.2 Å². The molecule has 1 N–H and O–H groups in total. The van der Waals surface area contributed by atoms with Crippen molar-refractivity contribution in [1.29, 1.82) is 0 Å². The van der Waals surface area contributed by atoms with Crippen molar-refractivity contribution in [1.82, 2.24) is 5.32 Å². The van der Waals surface area contributed by atoms with Gasteiger partial charge >= 0.3 is 0 Å². The Bertz CT molecular complexity index is 374. The first-order valence-corrected chi connectivity index (χ1v) is 8.31. The molecule has 0 bridgehead atoms. The normalized spacial score (nSPS) is 23.3. The Kier molecular flexibility index (Phi) is 6.38. The maximum atomic E-state index is 5.68. The van der Waals surface area contributed by atoms with Crippen LogP contribution in [0.4, 0.5) is 0 Å². The summed E-state index contributed by atoms with van der Waals surface area (Å²) in [7, 11) is 0. The zero-order valence-corrected chi connectivity index (χ0v) is 13.0. The summed E-state index contributed by atoms with van der Waals surface area (Å²) in [5.74, 6) is 1.67. The summed E-state index contributed by atoms with van der Waals surface area (Å²) in [6, 6.07) is 9.46. The smallest absolute Gasteiger partial charge is 0.119 e. The van der Waals surface area contributed by atoms with E-state index in [0.717, 1.165) is 25.3 Å². The summed E-state index contributed by atoms with van der Waals surface area (Å²) < 4.78 is 5.68.